The Hall–Kier alpha value is -2.31. The van der Waals surface area contributed by atoms with Crippen LogP contribution >= 0.6 is 11.6 Å². The zero-order valence-corrected chi connectivity index (χ0v) is 16.3. The summed E-state index contributed by atoms with van der Waals surface area (Å²) in [7, 11) is 0. The maximum Gasteiger partial charge on any atom is 0.343 e. The number of carbonyl (C=O) groups excluding carboxylic acids is 1. The number of hydrogen-bond acceptors (Lipinski definition) is 3. The Morgan fingerprint density at radius 3 is 2.44 bits per heavy atom. The molecule has 27 heavy (non-hydrogen) atoms. The van der Waals surface area contributed by atoms with Crippen LogP contribution in [0.5, 0.6) is 5.75 Å². The number of ether oxygens (including phenoxy) is 1. The quantitative estimate of drug-likeness (QED) is 0.438. The highest BCUT2D eigenvalue weighted by molar-refractivity contribution is 6.31. The minimum absolute atomic E-state index is 0.275. The Labute approximate surface area is 165 Å². The SMILES string of the molecule is CCCC1CCC(c2ccc(C(=O)Oc3ccc(C#N)c(Cl)c3)cc2)CC1. The molecule has 2 aromatic rings. The van der Waals surface area contributed by atoms with Gasteiger partial charge in [-0.15, -0.1) is 0 Å². The van der Waals surface area contributed by atoms with Gasteiger partial charge in [0.25, 0.3) is 0 Å². The van der Waals surface area contributed by atoms with E-state index in [9.17, 15) is 4.79 Å². The van der Waals surface area contributed by atoms with E-state index in [2.05, 4.69) is 6.92 Å². The molecule has 0 unspecified atom stereocenters. The highest BCUT2D eigenvalue weighted by Gasteiger charge is 2.22. The monoisotopic (exact) mass is 381 g/mol. The summed E-state index contributed by atoms with van der Waals surface area (Å²) in [5.74, 6) is 1.40. The predicted molar refractivity (Wildman–Crippen MR) is 107 cm³/mol. The third-order valence-electron chi connectivity index (χ3n) is 5.43. The fourth-order valence-electron chi connectivity index (χ4n) is 3.90. The first-order valence-corrected chi connectivity index (χ1v) is 10.00. The number of esters is 1. The topological polar surface area (TPSA) is 50.1 Å². The van der Waals surface area contributed by atoms with Crippen molar-refractivity contribution in [2.45, 2.75) is 51.4 Å². The largest absolute Gasteiger partial charge is 0.423 e. The molecule has 0 bridgehead atoms. The zero-order valence-electron chi connectivity index (χ0n) is 15.6. The van der Waals surface area contributed by atoms with Crippen molar-refractivity contribution in [2.75, 3.05) is 0 Å². The molecule has 1 aliphatic rings. The number of nitrogens with zero attached hydrogens (tertiary/aromatic N) is 1. The Balaban J connectivity index is 1.61. The van der Waals surface area contributed by atoms with E-state index in [0.29, 0.717) is 22.8 Å². The second kappa shape index (κ2) is 9.06. The molecule has 1 aliphatic carbocycles. The molecule has 0 atom stereocenters. The summed E-state index contributed by atoms with van der Waals surface area (Å²) in [5.41, 5.74) is 2.18. The molecule has 0 radical (unpaired) electrons. The molecule has 0 N–H and O–H groups in total. The van der Waals surface area contributed by atoms with Crippen molar-refractivity contribution < 1.29 is 9.53 Å². The number of halogens is 1. The average molecular weight is 382 g/mol. The minimum Gasteiger partial charge on any atom is -0.423 e. The fraction of sp³-hybridized carbons (Fsp3) is 0.391. The number of benzene rings is 2. The fourth-order valence-corrected chi connectivity index (χ4v) is 4.11. The lowest BCUT2D eigenvalue weighted by molar-refractivity contribution is 0.0735. The zero-order chi connectivity index (χ0) is 19.2. The van der Waals surface area contributed by atoms with E-state index < -0.39 is 5.97 Å². The Morgan fingerprint density at radius 2 is 1.85 bits per heavy atom. The van der Waals surface area contributed by atoms with Crippen molar-refractivity contribution in [1.82, 2.24) is 0 Å². The van der Waals surface area contributed by atoms with Crippen LogP contribution in [0.1, 0.15) is 72.9 Å². The van der Waals surface area contributed by atoms with Crippen LogP contribution in [-0.2, 0) is 0 Å². The van der Waals surface area contributed by atoms with Gasteiger partial charge in [-0.25, -0.2) is 4.79 Å². The maximum absolute atomic E-state index is 12.4. The molecule has 1 fully saturated rings. The first kappa shape index (κ1) is 19.5. The maximum atomic E-state index is 12.4. The Morgan fingerprint density at radius 1 is 1.15 bits per heavy atom. The van der Waals surface area contributed by atoms with Crippen LogP contribution in [0.25, 0.3) is 0 Å². The van der Waals surface area contributed by atoms with E-state index in [-0.39, 0.29) is 5.02 Å². The van der Waals surface area contributed by atoms with Crippen molar-refractivity contribution >= 4 is 17.6 Å². The molecule has 2 aromatic carbocycles. The van der Waals surface area contributed by atoms with Crippen LogP contribution in [-0.4, -0.2) is 5.97 Å². The van der Waals surface area contributed by atoms with Crippen LogP contribution in [0.4, 0.5) is 0 Å². The normalized spacial score (nSPS) is 19.3. The van der Waals surface area contributed by atoms with Crippen LogP contribution in [0.3, 0.4) is 0 Å². The van der Waals surface area contributed by atoms with E-state index in [4.69, 9.17) is 21.6 Å². The highest BCUT2D eigenvalue weighted by Crippen LogP contribution is 2.37. The van der Waals surface area contributed by atoms with E-state index in [1.165, 1.54) is 50.2 Å². The van der Waals surface area contributed by atoms with Gasteiger partial charge in [0.2, 0.25) is 0 Å². The Bertz CT molecular complexity index is 830. The van der Waals surface area contributed by atoms with Gasteiger partial charge < -0.3 is 4.74 Å². The molecule has 0 amide bonds. The lowest BCUT2D eigenvalue weighted by Gasteiger charge is -2.28. The molecule has 0 aliphatic heterocycles. The molecule has 0 spiro atoms. The Kier molecular flexibility index (Phi) is 6.53. The van der Waals surface area contributed by atoms with Crippen LogP contribution < -0.4 is 4.74 Å². The van der Waals surface area contributed by atoms with Crippen molar-refractivity contribution in [3.05, 3.63) is 64.2 Å². The summed E-state index contributed by atoms with van der Waals surface area (Å²) < 4.78 is 5.37. The third-order valence-corrected chi connectivity index (χ3v) is 5.75. The minimum atomic E-state index is -0.422. The van der Waals surface area contributed by atoms with Crippen LogP contribution in [0.15, 0.2) is 42.5 Å². The standard InChI is InChI=1S/C23H24ClNO2/c1-2-3-16-4-6-17(7-5-16)18-8-10-19(11-9-18)23(26)27-21-13-12-20(15-25)22(24)14-21/h8-14,16-17H,2-7H2,1H3. The third kappa shape index (κ3) is 4.90. The molecule has 3 rings (SSSR count). The van der Waals surface area contributed by atoms with Gasteiger partial charge in [0.1, 0.15) is 11.8 Å². The van der Waals surface area contributed by atoms with E-state index in [1.54, 1.807) is 12.1 Å². The molecule has 4 heteroatoms. The van der Waals surface area contributed by atoms with Crippen LogP contribution in [0, 0.1) is 17.2 Å². The van der Waals surface area contributed by atoms with E-state index in [1.807, 2.05) is 30.3 Å². The highest BCUT2D eigenvalue weighted by atomic mass is 35.5. The number of carbonyl (C=O) groups is 1. The van der Waals surface area contributed by atoms with Crippen molar-refractivity contribution in [2.24, 2.45) is 5.92 Å². The summed E-state index contributed by atoms with van der Waals surface area (Å²) in [6.07, 6.45) is 7.70. The summed E-state index contributed by atoms with van der Waals surface area (Å²) in [6, 6.07) is 14.4. The summed E-state index contributed by atoms with van der Waals surface area (Å²) >= 11 is 5.98. The predicted octanol–water partition coefficient (Wildman–Crippen LogP) is 6.50. The number of hydrogen-bond donors (Lipinski definition) is 0. The number of nitriles is 1. The molecule has 0 saturated heterocycles. The van der Waals surface area contributed by atoms with Gasteiger partial charge in [-0.1, -0.05) is 43.5 Å². The first-order chi connectivity index (χ1) is 13.1. The summed E-state index contributed by atoms with van der Waals surface area (Å²) in [6.45, 7) is 2.26. The van der Waals surface area contributed by atoms with Gasteiger partial charge in [0.15, 0.2) is 0 Å². The molecular weight excluding hydrogens is 358 g/mol. The van der Waals surface area contributed by atoms with Crippen molar-refractivity contribution in [1.29, 1.82) is 5.26 Å². The molecule has 1 saturated carbocycles. The van der Waals surface area contributed by atoms with Gasteiger partial charge in [-0.05, 0) is 67.3 Å². The van der Waals surface area contributed by atoms with E-state index >= 15 is 0 Å². The molecule has 0 heterocycles. The first-order valence-electron chi connectivity index (χ1n) is 9.62. The second-order valence-corrected chi connectivity index (χ2v) is 7.68. The summed E-state index contributed by atoms with van der Waals surface area (Å²) in [5, 5.41) is 9.18. The lowest BCUT2D eigenvalue weighted by atomic mass is 9.77. The van der Waals surface area contributed by atoms with E-state index in [0.717, 1.165) is 5.92 Å². The van der Waals surface area contributed by atoms with Gasteiger partial charge in [-0.2, -0.15) is 5.26 Å². The number of rotatable bonds is 5. The average Bonchev–Trinajstić information content (AvgIpc) is 2.69. The summed E-state index contributed by atoms with van der Waals surface area (Å²) in [4.78, 5) is 12.4. The molecule has 3 nitrogen and oxygen atoms in total. The van der Waals surface area contributed by atoms with Gasteiger partial charge in [-0.3, -0.25) is 0 Å². The van der Waals surface area contributed by atoms with Crippen molar-refractivity contribution in [3.63, 3.8) is 0 Å². The molecular formula is C23H24ClNO2. The van der Waals surface area contributed by atoms with Gasteiger partial charge in [0.05, 0.1) is 16.1 Å². The molecule has 0 aromatic heterocycles. The van der Waals surface area contributed by atoms with Gasteiger partial charge in [0, 0.05) is 6.07 Å². The van der Waals surface area contributed by atoms with Gasteiger partial charge >= 0.3 is 5.97 Å². The van der Waals surface area contributed by atoms with Crippen molar-refractivity contribution in [3.8, 4) is 11.8 Å². The molecule has 140 valence electrons. The smallest absolute Gasteiger partial charge is 0.343 e. The lowest BCUT2D eigenvalue weighted by Crippen LogP contribution is -2.13. The second-order valence-electron chi connectivity index (χ2n) is 7.27. The van der Waals surface area contributed by atoms with Crippen LogP contribution in [0.2, 0.25) is 5.02 Å².